The van der Waals surface area contributed by atoms with E-state index >= 15 is 0 Å². The SMILES string of the molecule is Cc1ccc(NS(=O)(=O)c2ccc(N3C(=O)CCC3=O)cc2)cc1S(=O)(=O)N1CCCC1. The van der Waals surface area contributed by atoms with E-state index in [2.05, 4.69) is 4.72 Å². The minimum atomic E-state index is -4.02. The molecule has 0 unspecified atom stereocenters. The van der Waals surface area contributed by atoms with Crippen LogP contribution in [0.15, 0.2) is 52.3 Å². The van der Waals surface area contributed by atoms with Crippen LogP contribution in [0.2, 0.25) is 0 Å². The van der Waals surface area contributed by atoms with E-state index < -0.39 is 20.0 Å². The van der Waals surface area contributed by atoms with Gasteiger partial charge >= 0.3 is 0 Å². The number of sulfonamides is 2. The van der Waals surface area contributed by atoms with E-state index in [4.69, 9.17) is 0 Å². The Balaban J connectivity index is 1.58. The van der Waals surface area contributed by atoms with Crippen LogP contribution in [0.3, 0.4) is 0 Å². The molecule has 4 rings (SSSR count). The zero-order valence-electron chi connectivity index (χ0n) is 17.4. The molecule has 9 nitrogen and oxygen atoms in total. The number of carbonyl (C=O) groups is 2. The van der Waals surface area contributed by atoms with Gasteiger partial charge in [0.25, 0.3) is 10.0 Å². The molecule has 2 heterocycles. The molecule has 2 aliphatic rings. The van der Waals surface area contributed by atoms with Gasteiger partial charge in [-0.1, -0.05) is 6.07 Å². The number of nitrogens with zero attached hydrogens (tertiary/aromatic N) is 2. The first kappa shape index (κ1) is 22.4. The van der Waals surface area contributed by atoms with Crippen LogP contribution in [-0.4, -0.2) is 46.0 Å². The summed E-state index contributed by atoms with van der Waals surface area (Å²) in [6.07, 6.45) is 1.87. The Morgan fingerprint density at radius 3 is 2.03 bits per heavy atom. The molecule has 2 amide bonds. The number of rotatable bonds is 6. The summed E-state index contributed by atoms with van der Waals surface area (Å²) in [5.41, 5.74) is 0.970. The summed E-state index contributed by atoms with van der Waals surface area (Å²) in [6, 6.07) is 9.79. The maximum absolute atomic E-state index is 12.9. The van der Waals surface area contributed by atoms with Gasteiger partial charge in [-0.3, -0.25) is 19.2 Å². The predicted molar refractivity (Wildman–Crippen MR) is 118 cm³/mol. The summed E-state index contributed by atoms with van der Waals surface area (Å²) in [4.78, 5) is 24.8. The lowest BCUT2D eigenvalue weighted by atomic mass is 10.2. The van der Waals surface area contributed by atoms with Crippen LogP contribution in [0.5, 0.6) is 0 Å². The van der Waals surface area contributed by atoms with Gasteiger partial charge in [-0.15, -0.1) is 0 Å². The van der Waals surface area contributed by atoms with Crippen LogP contribution in [0.4, 0.5) is 11.4 Å². The summed E-state index contributed by atoms with van der Waals surface area (Å²) >= 11 is 0. The lowest BCUT2D eigenvalue weighted by molar-refractivity contribution is -0.121. The molecule has 2 saturated heterocycles. The smallest absolute Gasteiger partial charge is 0.261 e. The summed E-state index contributed by atoms with van der Waals surface area (Å²) in [7, 11) is -7.73. The molecule has 11 heteroatoms. The van der Waals surface area contributed by atoms with Gasteiger partial charge in [0.1, 0.15) is 0 Å². The van der Waals surface area contributed by atoms with Crippen molar-refractivity contribution in [3.05, 3.63) is 48.0 Å². The second-order valence-corrected chi connectivity index (χ2v) is 11.4. The fraction of sp³-hybridized carbons (Fsp3) is 0.333. The van der Waals surface area contributed by atoms with Crippen molar-refractivity contribution in [3.63, 3.8) is 0 Å². The topological polar surface area (TPSA) is 121 Å². The van der Waals surface area contributed by atoms with Gasteiger partial charge in [0.2, 0.25) is 21.8 Å². The van der Waals surface area contributed by atoms with Crippen molar-refractivity contribution in [3.8, 4) is 0 Å². The van der Waals surface area contributed by atoms with Crippen molar-refractivity contribution >= 4 is 43.2 Å². The van der Waals surface area contributed by atoms with E-state index in [0.717, 1.165) is 17.7 Å². The number of anilines is 2. The standard InChI is InChI=1S/C21H23N3O6S2/c1-15-4-5-16(14-19(15)32(29,30)23-12-2-3-13-23)22-31(27,28)18-8-6-17(7-9-18)24-20(25)10-11-21(24)26/h4-9,14,22H,2-3,10-13H2,1H3. The zero-order chi connectivity index (χ0) is 23.1. The highest BCUT2D eigenvalue weighted by Gasteiger charge is 2.31. The van der Waals surface area contributed by atoms with E-state index in [1.807, 2.05) is 0 Å². The zero-order valence-corrected chi connectivity index (χ0v) is 19.1. The van der Waals surface area contributed by atoms with Crippen LogP contribution in [0, 0.1) is 6.92 Å². The van der Waals surface area contributed by atoms with Gasteiger partial charge in [0.05, 0.1) is 21.2 Å². The van der Waals surface area contributed by atoms with Crippen molar-refractivity contribution in [2.24, 2.45) is 0 Å². The third-order valence-electron chi connectivity index (χ3n) is 5.58. The second kappa shape index (κ2) is 8.30. The third-order valence-corrected chi connectivity index (χ3v) is 9.02. The highest BCUT2D eigenvalue weighted by molar-refractivity contribution is 7.92. The fourth-order valence-electron chi connectivity index (χ4n) is 3.86. The molecule has 0 spiro atoms. The first-order valence-corrected chi connectivity index (χ1v) is 13.1. The van der Waals surface area contributed by atoms with Crippen molar-refractivity contribution < 1.29 is 26.4 Å². The molecule has 0 aliphatic carbocycles. The Morgan fingerprint density at radius 2 is 1.44 bits per heavy atom. The van der Waals surface area contributed by atoms with Crippen molar-refractivity contribution in [1.82, 2.24) is 4.31 Å². The summed E-state index contributed by atoms with van der Waals surface area (Å²) in [5, 5.41) is 0. The Hall–Kier alpha value is -2.76. The number of carbonyl (C=O) groups excluding carboxylic acids is 2. The highest BCUT2D eigenvalue weighted by atomic mass is 32.2. The number of aryl methyl sites for hydroxylation is 1. The van der Waals surface area contributed by atoms with Crippen LogP contribution in [0.1, 0.15) is 31.2 Å². The summed E-state index contributed by atoms with van der Waals surface area (Å²) in [5.74, 6) is -0.648. The average Bonchev–Trinajstić information content (AvgIpc) is 3.40. The molecule has 0 bridgehead atoms. The second-order valence-electron chi connectivity index (χ2n) is 7.81. The lowest BCUT2D eigenvalue weighted by Crippen LogP contribution is -2.28. The van der Waals surface area contributed by atoms with E-state index in [9.17, 15) is 26.4 Å². The lowest BCUT2D eigenvalue weighted by Gasteiger charge is -2.18. The molecule has 2 aromatic rings. The molecular formula is C21H23N3O6S2. The third kappa shape index (κ3) is 4.15. The molecule has 1 N–H and O–H groups in total. The van der Waals surface area contributed by atoms with Crippen molar-refractivity contribution in [1.29, 1.82) is 0 Å². The molecule has 0 radical (unpaired) electrons. The van der Waals surface area contributed by atoms with Crippen LogP contribution in [-0.2, 0) is 29.6 Å². The van der Waals surface area contributed by atoms with Gasteiger partial charge in [-0.25, -0.2) is 16.8 Å². The molecular weight excluding hydrogens is 454 g/mol. The van der Waals surface area contributed by atoms with Gasteiger partial charge in [0, 0.05) is 25.9 Å². The highest BCUT2D eigenvalue weighted by Crippen LogP contribution is 2.28. The molecule has 2 fully saturated rings. The van der Waals surface area contributed by atoms with Crippen LogP contribution < -0.4 is 9.62 Å². The average molecular weight is 478 g/mol. The van der Waals surface area contributed by atoms with Gasteiger partial charge in [-0.05, 0) is 61.7 Å². The van der Waals surface area contributed by atoms with Crippen molar-refractivity contribution in [2.75, 3.05) is 22.7 Å². The largest absolute Gasteiger partial charge is 0.280 e. The first-order chi connectivity index (χ1) is 15.1. The monoisotopic (exact) mass is 477 g/mol. The first-order valence-electron chi connectivity index (χ1n) is 10.2. The Morgan fingerprint density at radius 1 is 0.844 bits per heavy atom. The predicted octanol–water partition coefficient (Wildman–Crippen LogP) is 2.23. The van der Waals surface area contributed by atoms with Crippen LogP contribution >= 0.6 is 0 Å². The number of hydrogen-bond acceptors (Lipinski definition) is 6. The van der Waals surface area contributed by atoms with Crippen molar-refractivity contribution in [2.45, 2.75) is 42.4 Å². The summed E-state index contributed by atoms with van der Waals surface area (Å²) < 4.78 is 55.4. The fourth-order valence-corrected chi connectivity index (χ4v) is 6.68. The number of amides is 2. The van der Waals surface area contributed by atoms with E-state index in [1.165, 1.54) is 40.7 Å². The minimum Gasteiger partial charge on any atom is -0.280 e. The molecule has 0 saturated carbocycles. The molecule has 32 heavy (non-hydrogen) atoms. The number of hydrogen-bond donors (Lipinski definition) is 1. The molecule has 170 valence electrons. The molecule has 2 aromatic carbocycles. The van der Waals surface area contributed by atoms with Gasteiger partial charge in [-0.2, -0.15) is 4.31 Å². The molecule has 2 aliphatic heterocycles. The maximum atomic E-state index is 12.9. The minimum absolute atomic E-state index is 0.0704. The van der Waals surface area contributed by atoms with E-state index in [-0.39, 0.29) is 40.1 Å². The Bertz CT molecular complexity index is 1270. The van der Waals surface area contributed by atoms with E-state index in [0.29, 0.717) is 24.3 Å². The normalized spacial score (nSPS) is 17.8. The Labute approximate surface area is 187 Å². The Kier molecular flexibility index (Phi) is 5.82. The van der Waals surface area contributed by atoms with Crippen LogP contribution in [0.25, 0.3) is 0 Å². The number of nitrogens with one attached hydrogen (secondary N) is 1. The number of benzene rings is 2. The number of imide groups is 1. The molecule has 0 atom stereocenters. The van der Waals surface area contributed by atoms with Gasteiger partial charge in [0.15, 0.2) is 0 Å². The van der Waals surface area contributed by atoms with E-state index in [1.54, 1.807) is 13.0 Å². The summed E-state index contributed by atoms with van der Waals surface area (Å²) in [6.45, 7) is 2.57. The molecule has 0 aromatic heterocycles. The maximum Gasteiger partial charge on any atom is 0.261 e. The van der Waals surface area contributed by atoms with Gasteiger partial charge < -0.3 is 0 Å². The quantitative estimate of drug-likeness (QED) is 0.637.